The van der Waals surface area contributed by atoms with Crippen molar-refractivity contribution in [1.29, 1.82) is 0 Å². The molecule has 0 aliphatic rings. The van der Waals surface area contributed by atoms with E-state index >= 15 is 0 Å². The number of hydrogen-bond donors (Lipinski definition) is 0. The summed E-state index contributed by atoms with van der Waals surface area (Å²) >= 11 is 0. The van der Waals surface area contributed by atoms with Crippen LogP contribution in [-0.2, 0) is 0 Å². The van der Waals surface area contributed by atoms with Crippen LogP contribution in [0, 0.1) is 41.5 Å². The molecule has 0 aliphatic carbocycles. The molecule has 0 fully saturated rings. The predicted molar refractivity (Wildman–Crippen MR) is 67.3 cm³/mol. The summed E-state index contributed by atoms with van der Waals surface area (Å²) in [7, 11) is 0. The minimum Gasteiger partial charge on any atom is -0.0776 e. The van der Waals surface area contributed by atoms with Gasteiger partial charge in [0.2, 0.25) is 0 Å². The van der Waals surface area contributed by atoms with Gasteiger partial charge in [0.1, 0.15) is 0 Å². The van der Waals surface area contributed by atoms with Crippen molar-refractivity contribution in [3.8, 4) is 0 Å². The molecule has 0 bridgehead atoms. The lowest BCUT2D eigenvalue weighted by molar-refractivity contribution is 1.13. The Morgan fingerprint density at radius 3 is 0.571 bits per heavy atom. The van der Waals surface area contributed by atoms with Gasteiger partial charge in [-0.25, -0.2) is 0 Å². The highest BCUT2D eigenvalue weighted by atomic mass is 14.1. The van der Waals surface area contributed by atoms with Gasteiger partial charge in [0.05, 0.1) is 0 Å². The van der Waals surface area contributed by atoms with Gasteiger partial charge in [0, 0.05) is 8.41 Å². The maximum atomic E-state index is 2.21. The van der Waals surface area contributed by atoms with Crippen molar-refractivity contribution in [2.75, 3.05) is 0 Å². The average molecular weight is 189 g/mol. The van der Waals surface area contributed by atoms with E-state index in [2.05, 4.69) is 41.5 Å². The van der Waals surface area contributed by atoms with Crippen LogP contribution in [0.15, 0.2) is 0 Å². The summed E-state index contributed by atoms with van der Waals surface area (Å²) in [6.07, 6.45) is 0. The maximum Gasteiger partial charge on any atom is 0 e. The molecule has 1 heteroatoms. The zero-order valence-corrected chi connectivity index (χ0v) is 9.58. The van der Waals surface area contributed by atoms with Crippen LogP contribution in [-0.4, -0.2) is 8.41 Å². The summed E-state index contributed by atoms with van der Waals surface area (Å²) in [5.74, 6) is 0. The second kappa shape index (κ2) is 5.24. The van der Waals surface area contributed by atoms with Crippen molar-refractivity contribution in [3.63, 3.8) is 0 Å². The molecule has 0 aliphatic heterocycles. The van der Waals surface area contributed by atoms with Gasteiger partial charge >= 0.3 is 0 Å². The highest BCUT2D eigenvalue weighted by molar-refractivity contribution is 5.75. The molecule has 0 N–H and O–H groups in total. The molecular weight excluding hydrogens is 167 g/mol. The highest BCUT2D eigenvalue weighted by Crippen LogP contribution is 2.24. The van der Waals surface area contributed by atoms with Gasteiger partial charge < -0.3 is 0 Å². The molecule has 0 saturated carbocycles. The second-order valence-electron chi connectivity index (χ2n) is 3.75. The molecule has 0 spiro atoms. The van der Waals surface area contributed by atoms with Crippen molar-refractivity contribution in [2.45, 2.75) is 49.0 Å². The van der Waals surface area contributed by atoms with Gasteiger partial charge in [-0.15, -0.1) is 0 Å². The van der Waals surface area contributed by atoms with Crippen molar-refractivity contribution >= 4 is 8.41 Å². The molecule has 0 aromatic heterocycles. The van der Waals surface area contributed by atoms with Crippen LogP contribution in [0.4, 0.5) is 0 Å². The van der Waals surface area contributed by atoms with E-state index in [1.165, 1.54) is 33.4 Å². The first kappa shape index (κ1) is 15.7. The smallest absolute Gasteiger partial charge is 0 e. The SMILES string of the molecule is C.Cc1c(C)c(C)c(C)c(C)c1C.[B]. The van der Waals surface area contributed by atoms with Crippen molar-refractivity contribution in [1.82, 2.24) is 0 Å². The zero-order valence-electron chi connectivity index (χ0n) is 9.58. The van der Waals surface area contributed by atoms with Crippen LogP contribution in [0.2, 0.25) is 0 Å². The van der Waals surface area contributed by atoms with Crippen LogP contribution < -0.4 is 0 Å². The minimum atomic E-state index is 0. The Morgan fingerprint density at radius 2 is 0.500 bits per heavy atom. The summed E-state index contributed by atoms with van der Waals surface area (Å²) in [6, 6.07) is 0. The first-order valence-electron chi connectivity index (χ1n) is 4.50. The summed E-state index contributed by atoms with van der Waals surface area (Å²) in [5, 5.41) is 0. The predicted octanol–water partition coefficient (Wildman–Crippen LogP) is 3.79. The highest BCUT2D eigenvalue weighted by Gasteiger charge is 2.07. The van der Waals surface area contributed by atoms with E-state index in [4.69, 9.17) is 0 Å². The molecule has 0 heterocycles. The molecule has 77 valence electrons. The maximum absolute atomic E-state index is 2.21. The molecule has 3 radical (unpaired) electrons. The molecule has 0 nitrogen and oxygen atoms in total. The number of hydrogen-bond acceptors (Lipinski definition) is 0. The summed E-state index contributed by atoms with van der Waals surface area (Å²) in [6.45, 7) is 13.3. The lowest BCUT2D eigenvalue weighted by atomic mass is 9.90. The Kier molecular flexibility index (Phi) is 5.89. The van der Waals surface area contributed by atoms with E-state index in [0.717, 1.165) is 0 Å². The first-order chi connectivity index (χ1) is 5.46. The lowest BCUT2D eigenvalue weighted by Gasteiger charge is -2.15. The van der Waals surface area contributed by atoms with E-state index in [9.17, 15) is 0 Å². The first-order valence-corrected chi connectivity index (χ1v) is 4.50. The van der Waals surface area contributed by atoms with Crippen LogP contribution >= 0.6 is 0 Å². The third kappa shape index (κ3) is 2.20. The normalized spacial score (nSPS) is 9.00. The Morgan fingerprint density at radius 1 is 0.429 bits per heavy atom. The van der Waals surface area contributed by atoms with E-state index < -0.39 is 0 Å². The summed E-state index contributed by atoms with van der Waals surface area (Å²) in [4.78, 5) is 0. The average Bonchev–Trinajstić information content (AvgIpc) is 2.08. The van der Waals surface area contributed by atoms with Gasteiger partial charge in [-0.1, -0.05) is 7.43 Å². The van der Waals surface area contributed by atoms with Gasteiger partial charge in [-0.05, 0) is 74.9 Å². The van der Waals surface area contributed by atoms with Crippen molar-refractivity contribution in [3.05, 3.63) is 33.4 Å². The fraction of sp³-hybridized carbons (Fsp3) is 0.538. The molecule has 1 aromatic carbocycles. The van der Waals surface area contributed by atoms with E-state index in [1.54, 1.807) is 0 Å². The minimum absolute atomic E-state index is 0. The topological polar surface area (TPSA) is 0 Å². The van der Waals surface area contributed by atoms with Crippen LogP contribution in [0.5, 0.6) is 0 Å². The van der Waals surface area contributed by atoms with E-state index in [-0.39, 0.29) is 15.8 Å². The molecule has 0 atom stereocenters. The largest absolute Gasteiger partial charge is 0.0776 e. The van der Waals surface area contributed by atoms with E-state index in [0.29, 0.717) is 0 Å². The molecular formula is C13H22B. The molecule has 1 rings (SSSR count). The Balaban J connectivity index is 0. The zero-order chi connectivity index (χ0) is 9.46. The standard InChI is InChI=1S/C12H18.CH4.B/c1-7-8(2)10(4)12(6)11(5)9(7)3;;/h1-6H3;1H4;. The van der Waals surface area contributed by atoms with Gasteiger partial charge in [0.25, 0.3) is 0 Å². The van der Waals surface area contributed by atoms with Gasteiger partial charge in [0.15, 0.2) is 0 Å². The third-order valence-corrected chi connectivity index (χ3v) is 3.38. The van der Waals surface area contributed by atoms with Crippen LogP contribution in [0.25, 0.3) is 0 Å². The summed E-state index contributed by atoms with van der Waals surface area (Å²) in [5.41, 5.74) is 8.73. The number of rotatable bonds is 0. The quantitative estimate of drug-likeness (QED) is 0.544. The molecule has 0 unspecified atom stereocenters. The monoisotopic (exact) mass is 189 g/mol. The lowest BCUT2D eigenvalue weighted by Crippen LogP contribution is -1.98. The Hall–Kier alpha value is -0.715. The fourth-order valence-corrected chi connectivity index (χ4v) is 1.69. The molecule has 0 amide bonds. The molecule has 1 aromatic rings. The molecule has 0 saturated heterocycles. The second-order valence-corrected chi connectivity index (χ2v) is 3.75. The van der Waals surface area contributed by atoms with Gasteiger partial charge in [-0.2, -0.15) is 0 Å². The van der Waals surface area contributed by atoms with Crippen molar-refractivity contribution in [2.24, 2.45) is 0 Å². The van der Waals surface area contributed by atoms with Crippen LogP contribution in [0.3, 0.4) is 0 Å². The van der Waals surface area contributed by atoms with Crippen LogP contribution in [0.1, 0.15) is 40.8 Å². The third-order valence-electron chi connectivity index (χ3n) is 3.38. The summed E-state index contributed by atoms with van der Waals surface area (Å²) < 4.78 is 0. The van der Waals surface area contributed by atoms with Crippen molar-refractivity contribution < 1.29 is 0 Å². The Labute approximate surface area is 91.3 Å². The van der Waals surface area contributed by atoms with Gasteiger partial charge in [-0.3, -0.25) is 0 Å². The molecule has 14 heavy (non-hydrogen) atoms. The van der Waals surface area contributed by atoms with E-state index in [1.807, 2.05) is 0 Å². The Bertz CT molecular complexity index is 220. The number of benzene rings is 1. The fourth-order valence-electron chi connectivity index (χ4n) is 1.69.